The van der Waals surface area contributed by atoms with Crippen molar-refractivity contribution in [3.63, 3.8) is 0 Å². The number of hydrogen-bond donors (Lipinski definition) is 0. The maximum atomic E-state index is 14.2. The van der Waals surface area contributed by atoms with Crippen LogP contribution in [0.25, 0.3) is 21.5 Å². The molecule has 2 aliphatic heterocycles. The molecule has 0 N–H and O–H groups in total. The SMILES string of the molecule is COCOc1cccc2c1[C@@]1(OC(=O)c3c(OC)cc4c(OC)c5cccc(OC)c5c(OC)c4c31)O[C@H]2CCCCCO[Si](C(C)C)(C(C)C)C(C)C. The van der Waals surface area contributed by atoms with Crippen molar-refractivity contribution in [2.75, 3.05) is 48.9 Å². The molecular weight excluding hydrogens is 705 g/mol. The largest absolute Gasteiger partial charge is 0.496 e. The van der Waals surface area contributed by atoms with Crippen LogP contribution in [0.4, 0.5) is 0 Å². The van der Waals surface area contributed by atoms with Gasteiger partial charge < -0.3 is 42.3 Å². The normalized spacial score (nSPS) is 17.9. The lowest BCUT2D eigenvalue weighted by atomic mass is 9.86. The Morgan fingerprint density at radius 1 is 0.722 bits per heavy atom. The third kappa shape index (κ3) is 6.26. The van der Waals surface area contributed by atoms with Crippen LogP contribution in [0.5, 0.6) is 28.7 Å². The van der Waals surface area contributed by atoms with Crippen LogP contribution in [0.1, 0.15) is 100 Å². The van der Waals surface area contributed by atoms with E-state index < -0.39 is 26.2 Å². The number of methoxy groups -OCH3 is 5. The number of carbonyl (C=O) groups is 1. The van der Waals surface area contributed by atoms with Gasteiger partial charge in [0.25, 0.3) is 5.79 Å². The standard InChI is InChI=1S/C43H56O10Si/c1-25(2)54(26(3)4,27(5)6)51-22-14-12-13-19-31-28-17-15-21-33(50-24-45-7)38(28)43(52-31)39-36-30(23-34(47-9)37(39)42(44)53-43)40(48-10)29-18-16-20-32(46-8)35(29)41(36)49-11/h15-18,20-21,23,25-27,31H,12-14,19,22,24H2,1-11H3/t31-,43-/m0/s1. The molecule has 4 aromatic rings. The highest BCUT2D eigenvalue weighted by molar-refractivity contribution is 6.77. The lowest BCUT2D eigenvalue weighted by Crippen LogP contribution is -2.47. The molecule has 0 bridgehead atoms. The second-order valence-corrected chi connectivity index (χ2v) is 20.6. The zero-order chi connectivity index (χ0) is 38.9. The number of benzene rings is 4. The molecule has 0 aliphatic carbocycles. The van der Waals surface area contributed by atoms with Crippen molar-refractivity contribution >= 4 is 35.8 Å². The number of hydrogen-bond acceptors (Lipinski definition) is 10. The summed E-state index contributed by atoms with van der Waals surface area (Å²) in [6, 6.07) is 13.3. The van der Waals surface area contributed by atoms with Gasteiger partial charge in [0.05, 0.1) is 51.1 Å². The predicted molar refractivity (Wildman–Crippen MR) is 212 cm³/mol. The van der Waals surface area contributed by atoms with E-state index >= 15 is 0 Å². The van der Waals surface area contributed by atoms with E-state index in [0.29, 0.717) is 79.1 Å². The smallest absolute Gasteiger partial charge is 0.345 e. The summed E-state index contributed by atoms with van der Waals surface area (Å²) < 4.78 is 56.1. The molecular formula is C43H56O10Si. The molecule has 0 radical (unpaired) electrons. The molecule has 2 atom stereocenters. The van der Waals surface area contributed by atoms with Gasteiger partial charge in [-0.05, 0) is 53.2 Å². The fourth-order valence-electron chi connectivity index (χ4n) is 9.38. The third-order valence-corrected chi connectivity index (χ3v) is 17.5. The summed E-state index contributed by atoms with van der Waals surface area (Å²) in [4.78, 5) is 14.2. The fourth-order valence-corrected chi connectivity index (χ4v) is 14.9. The van der Waals surface area contributed by atoms with Crippen molar-refractivity contribution in [3.8, 4) is 28.7 Å². The van der Waals surface area contributed by atoms with Crippen molar-refractivity contribution in [2.24, 2.45) is 0 Å². The highest BCUT2D eigenvalue weighted by Gasteiger charge is 2.59. The van der Waals surface area contributed by atoms with E-state index in [4.69, 9.17) is 42.3 Å². The highest BCUT2D eigenvalue weighted by Crippen LogP contribution is 2.62. The average Bonchev–Trinajstić information content (AvgIpc) is 3.63. The van der Waals surface area contributed by atoms with Gasteiger partial charge in [0, 0.05) is 29.9 Å². The minimum Gasteiger partial charge on any atom is -0.496 e. The summed E-state index contributed by atoms with van der Waals surface area (Å²) in [5, 5.41) is 2.72. The Hall–Kier alpha value is -4.03. The molecule has 6 rings (SSSR count). The van der Waals surface area contributed by atoms with Crippen LogP contribution < -0.4 is 23.7 Å². The first-order valence-electron chi connectivity index (χ1n) is 19.0. The minimum atomic E-state index is -1.94. The third-order valence-electron chi connectivity index (χ3n) is 11.4. The zero-order valence-corrected chi connectivity index (χ0v) is 34.7. The molecule has 10 nitrogen and oxygen atoms in total. The Morgan fingerprint density at radius 2 is 1.39 bits per heavy atom. The molecule has 0 amide bonds. The van der Waals surface area contributed by atoms with E-state index in [1.807, 2.05) is 36.4 Å². The summed E-state index contributed by atoms with van der Waals surface area (Å²) in [6.45, 7) is 14.6. The Morgan fingerprint density at radius 3 is 2.02 bits per heavy atom. The number of rotatable bonds is 17. The minimum absolute atomic E-state index is 0.0101. The summed E-state index contributed by atoms with van der Waals surface area (Å²) in [7, 11) is 5.99. The topological polar surface area (TPSA) is 100 Å². The van der Waals surface area contributed by atoms with E-state index in [0.717, 1.165) is 36.8 Å². The van der Waals surface area contributed by atoms with Crippen molar-refractivity contribution < 1.29 is 47.1 Å². The van der Waals surface area contributed by atoms with Crippen LogP contribution in [0.3, 0.4) is 0 Å². The van der Waals surface area contributed by atoms with Crippen LogP contribution in [0, 0.1) is 0 Å². The number of unbranched alkanes of at least 4 members (excludes halogenated alkanes) is 2. The predicted octanol–water partition coefficient (Wildman–Crippen LogP) is 10.2. The van der Waals surface area contributed by atoms with Gasteiger partial charge in [-0.1, -0.05) is 78.6 Å². The van der Waals surface area contributed by atoms with Gasteiger partial charge in [-0.15, -0.1) is 0 Å². The summed E-state index contributed by atoms with van der Waals surface area (Å²) in [5.41, 5.74) is 3.82. The first kappa shape index (κ1) is 39.7. The van der Waals surface area contributed by atoms with E-state index in [2.05, 4.69) is 41.5 Å². The monoisotopic (exact) mass is 760 g/mol. The molecule has 1 spiro atoms. The molecule has 0 saturated heterocycles. The lowest BCUT2D eigenvalue weighted by molar-refractivity contribution is -0.187. The van der Waals surface area contributed by atoms with Crippen molar-refractivity contribution in [3.05, 3.63) is 64.7 Å². The van der Waals surface area contributed by atoms with Crippen LogP contribution in [-0.4, -0.2) is 63.2 Å². The maximum Gasteiger partial charge on any atom is 0.345 e. The Labute approximate surface area is 320 Å². The Kier molecular flexibility index (Phi) is 11.7. The summed E-state index contributed by atoms with van der Waals surface area (Å²) >= 11 is 0. The van der Waals surface area contributed by atoms with Crippen molar-refractivity contribution in [1.82, 2.24) is 0 Å². The van der Waals surface area contributed by atoms with E-state index in [1.54, 1.807) is 34.5 Å². The number of esters is 1. The molecule has 54 heavy (non-hydrogen) atoms. The Balaban J connectivity index is 1.46. The van der Waals surface area contributed by atoms with Crippen LogP contribution in [-0.2, 0) is 24.4 Å². The number of ether oxygens (including phenoxy) is 8. The van der Waals surface area contributed by atoms with Crippen LogP contribution >= 0.6 is 0 Å². The molecule has 0 fully saturated rings. The van der Waals surface area contributed by atoms with E-state index in [9.17, 15) is 4.79 Å². The van der Waals surface area contributed by atoms with Gasteiger partial charge >= 0.3 is 5.97 Å². The van der Waals surface area contributed by atoms with Crippen LogP contribution in [0.15, 0.2) is 42.5 Å². The maximum absolute atomic E-state index is 14.2. The number of carbonyl (C=O) groups excluding carboxylic acids is 1. The summed E-state index contributed by atoms with van der Waals surface area (Å²) in [5.74, 6) is 0.180. The van der Waals surface area contributed by atoms with Crippen molar-refractivity contribution in [2.45, 2.75) is 95.7 Å². The van der Waals surface area contributed by atoms with Crippen LogP contribution in [0.2, 0.25) is 16.6 Å². The lowest BCUT2D eigenvalue weighted by Gasteiger charge is -2.42. The zero-order valence-electron chi connectivity index (χ0n) is 33.7. The van der Waals surface area contributed by atoms with Gasteiger partial charge in [0.1, 0.15) is 34.3 Å². The first-order valence-corrected chi connectivity index (χ1v) is 21.2. The summed E-state index contributed by atoms with van der Waals surface area (Å²) in [6.07, 6.45) is 3.07. The Bertz CT molecular complexity index is 1980. The second-order valence-electron chi connectivity index (χ2n) is 15.1. The van der Waals surface area contributed by atoms with Crippen molar-refractivity contribution in [1.29, 1.82) is 0 Å². The molecule has 2 aliphatic rings. The molecule has 11 heteroatoms. The van der Waals surface area contributed by atoms with Gasteiger partial charge in [-0.2, -0.15) is 0 Å². The van der Waals surface area contributed by atoms with Gasteiger partial charge in [-0.3, -0.25) is 0 Å². The van der Waals surface area contributed by atoms with E-state index in [1.165, 1.54) is 7.11 Å². The van der Waals surface area contributed by atoms with E-state index in [-0.39, 0.29) is 12.4 Å². The van der Waals surface area contributed by atoms with Gasteiger partial charge in [-0.25, -0.2) is 4.79 Å². The van der Waals surface area contributed by atoms with Gasteiger partial charge in [0.15, 0.2) is 15.1 Å². The molecule has 0 saturated carbocycles. The molecule has 0 unspecified atom stereocenters. The highest BCUT2D eigenvalue weighted by atomic mass is 28.4. The second kappa shape index (κ2) is 16.0. The first-order chi connectivity index (χ1) is 26.0. The average molecular weight is 761 g/mol. The molecule has 2 heterocycles. The quantitative estimate of drug-likeness (QED) is 0.0340. The molecule has 0 aromatic heterocycles. The molecule has 4 aromatic carbocycles. The fraction of sp³-hybridized carbons (Fsp3) is 0.512. The van der Waals surface area contributed by atoms with Gasteiger partial charge in [0.2, 0.25) is 0 Å². The molecule has 292 valence electrons. The number of fused-ring (bicyclic) bond motifs is 7.